The largest absolute Gasteiger partial charge is 0.391 e. The van der Waals surface area contributed by atoms with Gasteiger partial charge in [0.25, 0.3) is 5.69 Å². The predicted molar refractivity (Wildman–Crippen MR) is 65.3 cm³/mol. The Labute approximate surface area is 103 Å². The van der Waals surface area contributed by atoms with E-state index in [0.717, 1.165) is 30.2 Å². The van der Waals surface area contributed by atoms with Crippen molar-refractivity contribution in [3.05, 3.63) is 34.5 Å². The molecular weight excluding hydrogens is 234 g/mol. The van der Waals surface area contributed by atoms with Crippen LogP contribution in [0.4, 0.5) is 5.69 Å². The lowest BCUT2D eigenvalue weighted by Gasteiger charge is -2.15. The van der Waals surface area contributed by atoms with Crippen molar-refractivity contribution in [2.75, 3.05) is 0 Å². The fourth-order valence-corrected chi connectivity index (χ4v) is 2.61. The van der Waals surface area contributed by atoms with Crippen LogP contribution in [0.2, 0.25) is 0 Å². The molecule has 1 aliphatic carbocycles. The van der Waals surface area contributed by atoms with Crippen LogP contribution in [0.5, 0.6) is 0 Å². The van der Waals surface area contributed by atoms with Crippen LogP contribution in [-0.4, -0.2) is 25.9 Å². The van der Waals surface area contributed by atoms with Crippen LogP contribution >= 0.6 is 0 Å². The second-order valence-corrected chi connectivity index (χ2v) is 4.65. The molecule has 0 unspecified atom stereocenters. The van der Waals surface area contributed by atoms with E-state index in [1.54, 1.807) is 16.9 Å². The van der Waals surface area contributed by atoms with E-state index in [1.165, 1.54) is 12.1 Å². The minimum absolute atomic E-state index is 0.0525. The summed E-state index contributed by atoms with van der Waals surface area (Å²) in [6.07, 6.45) is 3.86. The molecule has 2 atom stereocenters. The maximum absolute atomic E-state index is 10.8. The topological polar surface area (TPSA) is 81.2 Å². The smallest absolute Gasteiger partial charge is 0.271 e. The van der Waals surface area contributed by atoms with E-state index < -0.39 is 11.0 Å². The number of nitrogens with zero attached hydrogens (tertiary/aromatic N) is 3. The number of hydrogen-bond donors (Lipinski definition) is 1. The molecule has 1 aromatic carbocycles. The molecule has 1 aromatic heterocycles. The van der Waals surface area contributed by atoms with Crippen LogP contribution < -0.4 is 0 Å². The van der Waals surface area contributed by atoms with Gasteiger partial charge in [-0.3, -0.25) is 14.8 Å². The SMILES string of the molecule is O=[N+]([O-])c1ccc2cnn([C@@H]3CCC[C@H]3O)c2c1. The van der Waals surface area contributed by atoms with Gasteiger partial charge in [0, 0.05) is 17.5 Å². The fraction of sp³-hybridized carbons (Fsp3) is 0.417. The Kier molecular flexibility index (Phi) is 2.52. The Balaban J connectivity index is 2.11. The maximum Gasteiger partial charge on any atom is 0.271 e. The van der Waals surface area contributed by atoms with Gasteiger partial charge in [-0.15, -0.1) is 0 Å². The summed E-state index contributed by atoms with van der Waals surface area (Å²) in [4.78, 5) is 10.4. The van der Waals surface area contributed by atoms with Gasteiger partial charge in [-0.05, 0) is 25.3 Å². The Morgan fingerprint density at radius 3 is 2.94 bits per heavy atom. The van der Waals surface area contributed by atoms with E-state index in [1.807, 2.05) is 0 Å². The molecule has 0 aliphatic heterocycles. The minimum Gasteiger partial charge on any atom is -0.391 e. The highest BCUT2D eigenvalue weighted by molar-refractivity contribution is 5.81. The summed E-state index contributed by atoms with van der Waals surface area (Å²) in [7, 11) is 0. The van der Waals surface area contributed by atoms with E-state index in [-0.39, 0.29) is 11.7 Å². The number of rotatable bonds is 2. The third-order valence-electron chi connectivity index (χ3n) is 3.55. The number of hydrogen-bond acceptors (Lipinski definition) is 4. The van der Waals surface area contributed by atoms with Crippen molar-refractivity contribution in [1.82, 2.24) is 9.78 Å². The number of nitro benzene ring substituents is 1. The summed E-state index contributed by atoms with van der Waals surface area (Å²) in [5.74, 6) is 0. The van der Waals surface area contributed by atoms with E-state index in [2.05, 4.69) is 5.10 Å². The summed E-state index contributed by atoms with van der Waals surface area (Å²) in [5.41, 5.74) is 0.770. The molecular formula is C12H13N3O3. The highest BCUT2D eigenvalue weighted by atomic mass is 16.6. The standard InChI is InChI=1S/C12H13N3O3/c16-12-3-1-2-10(12)14-11-6-9(15(17)18)5-4-8(11)7-13-14/h4-7,10,12,16H,1-3H2/t10-,12-/m1/s1. The van der Waals surface area contributed by atoms with Gasteiger partial charge in [0.15, 0.2) is 0 Å². The van der Waals surface area contributed by atoms with Gasteiger partial charge in [-0.1, -0.05) is 0 Å². The first-order valence-corrected chi connectivity index (χ1v) is 5.96. The minimum atomic E-state index is -0.415. The normalized spacial score (nSPS) is 23.6. The molecule has 2 aromatic rings. The van der Waals surface area contributed by atoms with Crippen molar-refractivity contribution in [3.63, 3.8) is 0 Å². The summed E-state index contributed by atoms with van der Waals surface area (Å²) in [5, 5.41) is 25.8. The molecule has 0 radical (unpaired) electrons. The summed E-state index contributed by atoms with van der Waals surface area (Å²) < 4.78 is 1.72. The van der Waals surface area contributed by atoms with Crippen LogP contribution in [-0.2, 0) is 0 Å². The van der Waals surface area contributed by atoms with Gasteiger partial charge in [-0.25, -0.2) is 0 Å². The first-order valence-electron chi connectivity index (χ1n) is 5.96. The van der Waals surface area contributed by atoms with Crippen molar-refractivity contribution in [2.24, 2.45) is 0 Å². The molecule has 6 heteroatoms. The predicted octanol–water partition coefficient (Wildman–Crippen LogP) is 2.03. The van der Waals surface area contributed by atoms with Crippen molar-refractivity contribution in [2.45, 2.75) is 31.4 Å². The zero-order chi connectivity index (χ0) is 12.7. The van der Waals surface area contributed by atoms with E-state index >= 15 is 0 Å². The van der Waals surface area contributed by atoms with Gasteiger partial charge in [0.2, 0.25) is 0 Å². The average Bonchev–Trinajstić information content (AvgIpc) is 2.93. The van der Waals surface area contributed by atoms with Gasteiger partial charge < -0.3 is 5.11 Å². The third kappa shape index (κ3) is 1.65. The van der Waals surface area contributed by atoms with Crippen LogP contribution in [0.25, 0.3) is 10.9 Å². The quantitative estimate of drug-likeness (QED) is 0.650. The molecule has 18 heavy (non-hydrogen) atoms. The molecule has 1 fully saturated rings. The second-order valence-electron chi connectivity index (χ2n) is 4.65. The van der Waals surface area contributed by atoms with Crippen LogP contribution in [0.3, 0.4) is 0 Å². The Bertz CT molecular complexity index is 608. The lowest BCUT2D eigenvalue weighted by atomic mass is 10.2. The molecule has 1 heterocycles. The molecule has 94 valence electrons. The number of non-ortho nitro benzene ring substituents is 1. The molecule has 1 saturated carbocycles. The highest BCUT2D eigenvalue weighted by Crippen LogP contribution is 2.33. The fourth-order valence-electron chi connectivity index (χ4n) is 2.61. The van der Waals surface area contributed by atoms with Gasteiger partial charge in [0.1, 0.15) is 0 Å². The average molecular weight is 247 g/mol. The molecule has 3 rings (SSSR count). The summed E-state index contributed by atoms with van der Waals surface area (Å²) >= 11 is 0. The Morgan fingerprint density at radius 1 is 1.44 bits per heavy atom. The van der Waals surface area contributed by atoms with Gasteiger partial charge in [-0.2, -0.15) is 5.10 Å². The number of aliphatic hydroxyl groups is 1. The van der Waals surface area contributed by atoms with Crippen molar-refractivity contribution in [3.8, 4) is 0 Å². The van der Waals surface area contributed by atoms with Crippen LogP contribution in [0.15, 0.2) is 24.4 Å². The number of benzene rings is 1. The van der Waals surface area contributed by atoms with Gasteiger partial charge in [0.05, 0.1) is 28.8 Å². The van der Waals surface area contributed by atoms with Gasteiger partial charge >= 0.3 is 0 Å². The van der Waals surface area contributed by atoms with E-state index in [9.17, 15) is 15.2 Å². The van der Waals surface area contributed by atoms with Crippen molar-refractivity contribution >= 4 is 16.6 Å². The first-order chi connectivity index (χ1) is 8.66. The molecule has 6 nitrogen and oxygen atoms in total. The molecule has 0 bridgehead atoms. The first kappa shape index (κ1) is 11.2. The van der Waals surface area contributed by atoms with Crippen molar-refractivity contribution in [1.29, 1.82) is 0 Å². The number of aromatic nitrogens is 2. The highest BCUT2D eigenvalue weighted by Gasteiger charge is 2.28. The molecule has 1 N–H and O–H groups in total. The number of nitro groups is 1. The third-order valence-corrected chi connectivity index (χ3v) is 3.55. The zero-order valence-electron chi connectivity index (χ0n) is 9.69. The van der Waals surface area contributed by atoms with Crippen LogP contribution in [0, 0.1) is 10.1 Å². The van der Waals surface area contributed by atoms with E-state index in [4.69, 9.17) is 0 Å². The number of fused-ring (bicyclic) bond motifs is 1. The molecule has 0 saturated heterocycles. The molecule has 1 aliphatic rings. The Hall–Kier alpha value is -1.95. The maximum atomic E-state index is 10.8. The monoisotopic (exact) mass is 247 g/mol. The van der Waals surface area contributed by atoms with Crippen LogP contribution in [0.1, 0.15) is 25.3 Å². The van der Waals surface area contributed by atoms with Crippen molar-refractivity contribution < 1.29 is 10.0 Å². The molecule has 0 amide bonds. The summed E-state index contributed by atoms with van der Waals surface area (Å²) in [6.45, 7) is 0. The van der Waals surface area contributed by atoms with E-state index in [0.29, 0.717) is 0 Å². The number of aliphatic hydroxyl groups excluding tert-OH is 1. The second kappa shape index (κ2) is 4.06. The molecule has 0 spiro atoms. The summed E-state index contributed by atoms with van der Waals surface area (Å²) in [6, 6.07) is 4.62. The zero-order valence-corrected chi connectivity index (χ0v) is 9.69. The lowest BCUT2D eigenvalue weighted by molar-refractivity contribution is -0.384. The Morgan fingerprint density at radius 2 is 2.28 bits per heavy atom. The lowest BCUT2D eigenvalue weighted by Crippen LogP contribution is -2.19.